The van der Waals surface area contributed by atoms with E-state index in [2.05, 4.69) is 25.6 Å². The molecule has 0 aliphatic carbocycles. The van der Waals surface area contributed by atoms with Crippen molar-refractivity contribution < 1.29 is 4.79 Å². The van der Waals surface area contributed by atoms with Gasteiger partial charge in [-0.15, -0.1) is 0 Å². The molecule has 2 rings (SSSR count). The number of carbonyl (C=O) groups is 1. The summed E-state index contributed by atoms with van der Waals surface area (Å²) in [5.41, 5.74) is 1.28. The number of carbonyl (C=O) groups excluding carboxylic acids is 1. The molecule has 22 heavy (non-hydrogen) atoms. The Labute approximate surface area is 130 Å². The maximum absolute atomic E-state index is 12.1. The fourth-order valence-corrected chi connectivity index (χ4v) is 1.85. The highest BCUT2D eigenvalue weighted by Gasteiger charge is 2.10. The van der Waals surface area contributed by atoms with E-state index in [1.807, 2.05) is 32.0 Å². The maximum Gasteiger partial charge on any atom is 0.270 e. The smallest absolute Gasteiger partial charge is 0.270 e. The third-order valence-electron chi connectivity index (χ3n) is 2.92. The SMILES string of the molecule is Cc1nc(NCc2ccccn2)cc(C(=O)NCC(C)C)n1. The van der Waals surface area contributed by atoms with Gasteiger partial charge in [0.2, 0.25) is 0 Å². The Hall–Kier alpha value is -2.50. The maximum atomic E-state index is 12.1. The number of pyridine rings is 1. The lowest BCUT2D eigenvalue weighted by atomic mass is 10.2. The third-order valence-corrected chi connectivity index (χ3v) is 2.92. The molecule has 0 unspecified atom stereocenters. The van der Waals surface area contributed by atoms with E-state index in [1.54, 1.807) is 19.2 Å². The zero-order chi connectivity index (χ0) is 15.9. The summed E-state index contributed by atoms with van der Waals surface area (Å²) in [6.07, 6.45) is 1.74. The van der Waals surface area contributed by atoms with Gasteiger partial charge in [0.05, 0.1) is 12.2 Å². The topological polar surface area (TPSA) is 79.8 Å². The molecule has 6 nitrogen and oxygen atoms in total. The number of anilines is 1. The average Bonchev–Trinajstić information content (AvgIpc) is 2.51. The molecule has 0 bridgehead atoms. The first-order chi connectivity index (χ1) is 10.5. The molecule has 2 aromatic heterocycles. The van der Waals surface area contributed by atoms with E-state index in [1.165, 1.54) is 0 Å². The molecular formula is C16H21N5O. The first-order valence-electron chi connectivity index (χ1n) is 7.32. The van der Waals surface area contributed by atoms with Gasteiger partial charge in [-0.2, -0.15) is 0 Å². The standard InChI is InChI=1S/C16H21N5O/c1-11(2)9-19-16(22)14-8-15(21-12(3)20-14)18-10-13-6-4-5-7-17-13/h4-8,11H,9-10H2,1-3H3,(H,19,22)(H,18,20,21). The molecule has 6 heteroatoms. The lowest BCUT2D eigenvalue weighted by Gasteiger charge is -2.10. The van der Waals surface area contributed by atoms with Gasteiger partial charge in [0.25, 0.3) is 5.91 Å². The van der Waals surface area contributed by atoms with Crippen molar-refractivity contribution in [2.45, 2.75) is 27.3 Å². The van der Waals surface area contributed by atoms with E-state index in [0.717, 1.165) is 5.69 Å². The van der Waals surface area contributed by atoms with Gasteiger partial charge in [-0.3, -0.25) is 9.78 Å². The van der Waals surface area contributed by atoms with Gasteiger partial charge < -0.3 is 10.6 Å². The second kappa shape index (κ2) is 7.49. The predicted molar refractivity (Wildman–Crippen MR) is 85.5 cm³/mol. The van der Waals surface area contributed by atoms with E-state index in [-0.39, 0.29) is 5.91 Å². The van der Waals surface area contributed by atoms with E-state index in [9.17, 15) is 4.79 Å². The molecule has 0 spiro atoms. The van der Waals surface area contributed by atoms with Crippen LogP contribution < -0.4 is 10.6 Å². The highest BCUT2D eigenvalue weighted by molar-refractivity contribution is 5.92. The third kappa shape index (κ3) is 4.80. The molecule has 0 aliphatic heterocycles. The van der Waals surface area contributed by atoms with Crippen molar-refractivity contribution in [3.05, 3.63) is 47.7 Å². The Morgan fingerprint density at radius 2 is 2.09 bits per heavy atom. The molecule has 0 saturated carbocycles. The first kappa shape index (κ1) is 15.9. The lowest BCUT2D eigenvalue weighted by molar-refractivity contribution is 0.0943. The molecule has 0 aliphatic rings. The summed E-state index contributed by atoms with van der Waals surface area (Å²) in [5.74, 6) is 1.39. The highest BCUT2D eigenvalue weighted by atomic mass is 16.1. The molecule has 0 saturated heterocycles. The van der Waals surface area contributed by atoms with Crippen LogP contribution in [0.2, 0.25) is 0 Å². The van der Waals surface area contributed by atoms with Gasteiger partial charge in [-0.1, -0.05) is 19.9 Å². The number of hydrogen-bond donors (Lipinski definition) is 2. The largest absolute Gasteiger partial charge is 0.364 e. The molecule has 2 N–H and O–H groups in total. The van der Waals surface area contributed by atoms with Crippen LogP contribution in [0.25, 0.3) is 0 Å². The Morgan fingerprint density at radius 3 is 2.77 bits per heavy atom. The quantitative estimate of drug-likeness (QED) is 0.854. The van der Waals surface area contributed by atoms with Crippen LogP contribution in [-0.2, 0) is 6.54 Å². The zero-order valence-corrected chi connectivity index (χ0v) is 13.1. The zero-order valence-electron chi connectivity index (χ0n) is 13.1. The molecule has 0 aromatic carbocycles. The van der Waals surface area contributed by atoms with Gasteiger partial charge >= 0.3 is 0 Å². The van der Waals surface area contributed by atoms with Crippen molar-refractivity contribution in [3.8, 4) is 0 Å². The van der Waals surface area contributed by atoms with Crippen LogP contribution in [0.1, 0.15) is 35.9 Å². The summed E-state index contributed by atoms with van der Waals surface area (Å²) in [6, 6.07) is 7.39. The number of aryl methyl sites for hydroxylation is 1. The Morgan fingerprint density at radius 1 is 1.27 bits per heavy atom. The monoisotopic (exact) mass is 299 g/mol. The number of hydrogen-bond acceptors (Lipinski definition) is 5. The van der Waals surface area contributed by atoms with Crippen LogP contribution in [0.5, 0.6) is 0 Å². The normalized spacial score (nSPS) is 10.5. The molecule has 116 valence electrons. The van der Waals surface area contributed by atoms with Gasteiger partial charge in [-0.25, -0.2) is 9.97 Å². The van der Waals surface area contributed by atoms with Crippen molar-refractivity contribution >= 4 is 11.7 Å². The Balaban J connectivity index is 2.04. The Bertz CT molecular complexity index is 628. The fraction of sp³-hybridized carbons (Fsp3) is 0.375. The summed E-state index contributed by atoms with van der Waals surface area (Å²) >= 11 is 0. The van der Waals surface area contributed by atoms with Crippen molar-refractivity contribution in [1.82, 2.24) is 20.3 Å². The number of amides is 1. The van der Waals surface area contributed by atoms with Crippen molar-refractivity contribution in [2.75, 3.05) is 11.9 Å². The summed E-state index contributed by atoms with van der Waals surface area (Å²) in [7, 11) is 0. The first-order valence-corrected chi connectivity index (χ1v) is 7.32. The molecule has 0 radical (unpaired) electrons. The summed E-state index contributed by atoms with van der Waals surface area (Å²) in [4.78, 5) is 24.8. The van der Waals surface area contributed by atoms with E-state index in [4.69, 9.17) is 0 Å². The van der Waals surface area contributed by atoms with Crippen LogP contribution in [0.3, 0.4) is 0 Å². The minimum Gasteiger partial charge on any atom is -0.364 e. The molecule has 2 aromatic rings. The van der Waals surface area contributed by atoms with E-state index < -0.39 is 0 Å². The molecule has 1 amide bonds. The predicted octanol–water partition coefficient (Wildman–Crippen LogP) is 2.18. The second-order valence-electron chi connectivity index (χ2n) is 5.46. The van der Waals surface area contributed by atoms with Gasteiger partial charge in [-0.05, 0) is 25.0 Å². The minimum absolute atomic E-state index is 0.180. The average molecular weight is 299 g/mol. The number of rotatable bonds is 6. The lowest BCUT2D eigenvalue weighted by Crippen LogP contribution is -2.28. The highest BCUT2D eigenvalue weighted by Crippen LogP contribution is 2.08. The van der Waals surface area contributed by atoms with Crippen LogP contribution in [0.4, 0.5) is 5.82 Å². The van der Waals surface area contributed by atoms with E-state index in [0.29, 0.717) is 36.3 Å². The van der Waals surface area contributed by atoms with Crippen molar-refractivity contribution in [3.63, 3.8) is 0 Å². The van der Waals surface area contributed by atoms with Gasteiger partial charge in [0.1, 0.15) is 17.3 Å². The van der Waals surface area contributed by atoms with Crippen molar-refractivity contribution in [1.29, 1.82) is 0 Å². The van der Waals surface area contributed by atoms with Crippen LogP contribution >= 0.6 is 0 Å². The van der Waals surface area contributed by atoms with Crippen LogP contribution in [-0.4, -0.2) is 27.4 Å². The fourth-order valence-electron chi connectivity index (χ4n) is 1.85. The number of nitrogens with one attached hydrogen (secondary N) is 2. The van der Waals surface area contributed by atoms with Gasteiger partial charge in [0.15, 0.2) is 0 Å². The Kier molecular flexibility index (Phi) is 5.41. The summed E-state index contributed by atoms with van der Waals surface area (Å²) in [6.45, 7) is 7.03. The van der Waals surface area contributed by atoms with Gasteiger partial charge in [0, 0.05) is 18.8 Å². The molecule has 2 heterocycles. The molecular weight excluding hydrogens is 278 g/mol. The second-order valence-corrected chi connectivity index (χ2v) is 5.46. The van der Waals surface area contributed by atoms with Crippen molar-refractivity contribution in [2.24, 2.45) is 5.92 Å². The van der Waals surface area contributed by atoms with Crippen LogP contribution in [0, 0.1) is 12.8 Å². The van der Waals surface area contributed by atoms with Crippen LogP contribution in [0.15, 0.2) is 30.5 Å². The molecule has 0 fully saturated rings. The van der Waals surface area contributed by atoms with E-state index >= 15 is 0 Å². The number of aromatic nitrogens is 3. The number of nitrogens with zero attached hydrogens (tertiary/aromatic N) is 3. The summed E-state index contributed by atoms with van der Waals surface area (Å²) < 4.78 is 0. The minimum atomic E-state index is -0.180. The summed E-state index contributed by atoms with van der Waals surface area (Å²) in [5, 5.41) is 6.03. The molecule has 0 atom stereocenters.